The molecule has 18 heavy (non-hydrogen) atoms. The summed E-state index contributed by atoms with van der Waals surface area (Å²) in [5, 5.41) is 4.29. The number of hydrogen-bond acceptors (Lipinski definition) is 2. The molecule has 0 bridgehead atoms. The number of nitrogens with one attached hydrogen (secondary N) is 1. The summed E-state index contributed by atoms with van der Waals surface area (Å²) < 4.78 is 5.73. The van der Waals surface area contributed by atoms with E-state index in [-0.39, 0.29) is 0 Å². The predicted molar refractivity (Wildman–Crippen MR) is 74.8 cm³/mol. The second kappa shape index (κ2) is 5.10. The number of ether oxygens (including phenoxy) is 1. The lowest BCUT2D eigenvalue weighted by Gasteiger charge is -2.28. The summed E-state index contributed by atoms with van der Waals surface area (Å²) in [6.07, 6.45) is 4.74. The van der Waals surface area contributed by atoms with E-state index >= 15 is 0 Å². The number of halogens is 1. The topological polar surface area (TPSA) is 21.3 Å². The van der Waals surface area contributed by atoms with Gasteiger partial charge in [-0.15, -0.1) is 0 Å². The van der Waals surface area contributed by atoms with Gasteiger partial charge in [0.15, 0.2) is 0 Å². The van der Waals surface area contributed by atoms with Crippen molar-refractivity contribution in [2.45, 2.75) is 38.5 Å². The highest BCUT2D eigenvalue weighted by Gasteiger charge is 2.23. The Kier molecular flexibility index (Phi) is 3.49. The lowest BCUT2D eigenvalue weighted by Crippen LogP contribution is -2.29. The number of benzene rings is 1. The third-order valence-electron chi connectivity index (χ3n) is 4.21. The zero-order chi connectivity index (χ0) is 12.5. The minimum atomic E-state index is 0.614. The van der Waals surface area contributed by atoms with E-state index in [1.165, 1.54) is 29.5 Å². The summed E-state index contributed by atoms with van der Waals surface area (Å²) >= 11 is 6.39. The molecule has 2 heterocycles. The molecule has 2 aliphatic heterocycles. The first-order chi connectivity index (χ1) is 8.77. The van der Waals surface area contributed by atoms with E-state index in [4.69, 9.17) is 16.3 Å². The highest BCUT2D eigenvalue weighted by atomic mass is 35.5. The molecule has 2 nitrogen and oxygen atoms in total. The lowest BCUT2D eigenvalue weighted by atomic mass is 9.85. The zero-order valence-electron chi connectivity index (χ0n) is 10.9. The fourth-order valence-corrected chi connectivity index (χ4v) is 3.51. The Morgan fingerprint density at radius 2 is 2.28 bits per heavy atom. The van der Waals surface area contributed by atoms with Crippen molar-refractivity contribution in [1.82, 2.24) is 5.32 Å². The quantitative estimate of drug-likeness (QED) is 0.840. The molecular formula is C15H20ClNO. The SMILES string of the molecule is Cc1c(C2CCCNC2)cc(Cl)c2c1CCCO2. The molecule has 0 spiro atoms. The normalized spacial score (nSPS) is 23.3. The molecule has 0 aromatic heterocycles. The molecule has 1 unspecified atom stereocenters. The van der Waals surface area contributed by atoms with Gasteiger partial charge >= 0.3 is 0 Å². The molecule has 0 aliphatic carbocycles. The van der Waals surface area contributed by atoms with Crippen LogP contribution in [0.5, 0.6) is 5.75 Å². The van der Waals surface area contributed by atoms with E-state index in [2.05, 4.69) is 18.3 Å². The van der Waals surface area contributed by atoms with Crippen molar-refractivity contribution in [1.29, 1.82) is 0 Å². The van der Waals surface area contributed by atoms with Crippen molar-refractivity contribution in [3.05, 3.63) is 27.8 Å². The van der Waals surface area contributed by atoms with Gasteiger partial charge in [-0.2, -0.15) is 0 Å². The lowest BCUT2D eigenvalue weighted by molar-refractivity contribution is 0.287. The molecule has 3 rings (SSSR count). The fourth-order valence-electron chi connectivity index (χ4n) is 3.22. The monoisotopic (exact) mass is 265 g/mol. The third-order valence-corrected chi connectivity index (χ3v) is 4.49. The highest BCUT2D eigenvalue weighted by molar-refractivity contribution is 6.32. The molecule has 1 N–H and O–H groups in total. The van der Waals surface area contributed by atoms with Crippen molar-refractivity contribution in [3.8, 4) is 5.75 Å². The standard InChI is InChI=1S/C15H20ClNO/c1-10-12-5-3-7-18-15(12)14(16)8-13(10)11-4-2-6-17-9-11/h8,11,17H,2-7,9H2,1H3. The van der Waals surface area contributed by atoms with Crippen molar-refractivity contribution in [2.24, 2.45) is 0 Å². The van der Waals surface area contributed by atoms with Gasteiger partial charge < -0.3 is 10.1 Å². The minimum absolute atomic E-state index is 0.614. The van der Waals surface area contributed by atoms with Crippen molar-refractivity contribution in [2.75, 3.05) is 19.7 Å². The van der Waals surface area contributed by atoms with Crippen LogP contribution in [0.2, 0.25) is 5.02 Å². The maximum atomic E-state index is 6.39. The van der Waals surface area contributed by atoms with E-state index in [1.54, 1.807) is 0 Å². The van der Waals surface area contributed by atoms with Gasteiger partial charge in [-0.25, -0.2) is 0 Å². The Morgan fingerprint density at radius 1 is 1.39 bits per heavy atom. The molecule has 1 atom stereocenters. The van der Waals surface area contributed by atoms with Crippen LogP contribution in [0.3, 0.4) is 0 Å². The van der Waals surface area contributed by atoms with E-state index in [0.29, 0.717) is 5.92 Å². The summed E-state index contributed by atoms with van der Waals surface area (Å²) in [7, 11) is 0. The van der Waals surface area contributed by atoms with Gasteiger partial charge in [-0.05, 0) is 67.8 Å². The Hall–Kier alpha value is -0.730. The maximum absolute atomic E-state index is 6.39. The smallest absolute Gasteiger partial charge is 0.141 e. The van der Waals surface area contributed by atoms with Crippen LogP contribution in [0.25, 0.3) is 0 Å². The second-order valence-electron chi connectivity index (χ2n) is 5.38. The first kappa shape index (κ1) is 12.3. The van der Waals surface area contributed by atoms with Gasteiger partial charge in [0.1, 0.15) is 5.75 Å². The molecule has 1 aromatic rings. The summed E-state index contributed by atoms with van der Waals surface area (Å²) in [6.45, 7) is 5.26. The van der Waals surface area contributed by atoms with Crippen LogP contribution >= 0.6 is 11.6 Å². The third kappa shape index (κ3) is 2.12. The average molecular weight is 266 g/mol. The molecule has 98 valence electrons. The first-order valence-corrected chi connectivity index (χ1v) is 7.30. The summed E-state index contributed by atoms with van der Waals surface area (Å²) in [5.74, 6) is 1.55. The predicted octanol–water partition coefficient (Wildman–Crippen LogP) is 3.44. The Labute approximate surface area is 114 Å². The summed E-state index contributed by atoms with van der Waals surface area (Å²) in [4.78, 5) is 0. The molecule has 0 amide bonds. The second-order valence-corrected chi connectivity index (χ2v) is 5.78. The van der Waals surface area contributed by atoms with Crippen LogP contribution in [-0.2, 0) is 6.42 Å². The van der Waals surface area contributed by atoms with Crippen LogP contribution in [0.4, 0.5) is 0 Å². The average Bonchev–Trinajstić information content (AvgIpc) is 2.44. The number of rotatable bonds is 1. The minimum Gasteiger partial charge on any atom is -0.492 e. The number of hydrogen-bond donors (Lipinski definition) is 1. The van der Waals surface area contributed by atoms with Gasteiger partial charge in [0.2, 0.25) is 0 Å². The van der Waals surface area contributed by atoms with Gasteiger partial charge in [-0.3, -0.25) is 0 Å². The van der Waals surface area contributed by atoms with Gasteiger partial charge in [-0.1, -0.05) is 11.6 Å². The first-order valence-electron chi connectivity index (χ1n) is 6.92. The van der Waals surface area contributed by atoms with Crippen molar-refractivity contribution in [3.63, 3.8) is 0 Å². The molecule has 0 saturated carbocycles. The molecule has 3 heteroatoms. The van der Waals surface area contributed by atoms with Crippen molar-refractivity contribution >= 4 is 11.6 Å². The van der Waals surface area contributed by atoms with Crippen LogP contribution in [0, 0.1) is 6.92 Å². The van der Waals surface area contributed by atoms with Crippen LogP contribution < -0.4 is 10.1 Å². The summed E-state index contributed by atoms with van der Waals surface area (Å²) in [6, 6.07) is 2.14. The fraction of sp³-hybridized carbons (Fsp3) is 0.600. The molecule has 1 saturated heterocycles. The largest absolute Gasteiger partial charge is 0.492 e. The molecule has 0 radical (unpaired) electrons. The van der Waals surface area contributed by atoms with Gasteiger partial charge in [0.05, 0.1) is 11.6 Å². The van der Waals surface area contributed by atoms with E-state index < -0.39 is 0 Å². The van der Waals surface area contributed by atoms with Crippen LogP contribution in [-0.4, -0.2) is 19.7 Å². The zero-order valence-corrected chi connectivity index (χ0v) is 11.6. The molecule has 1 aromatic carbocycles. The summed E-state index contributed by atoms with van der Waals surface area (Å²) in [5.41, 5.74) is 4.17. The Morgan fingerprint density at radius 3 is 3.06 bits per heavy atom. The molecule has 2 aliphatic rings. The van der Waals surface area contributed by atoms with Gasteiger partial charge in [0.25, 0.3) is 0 Å². The Bertz CT molecular complexity index is 452. The van der Waals surface area contributed by atoms with E-state index in [9.17, 15) is 0 Å². The Balaban J connectivity index is 2.01. The van der Waals surface area contributed by atoms with Crippen molar-refractivity contribution < 1.29 is 4.74 Å². The van der Waals surface area contributed by atoms with Crippen LogP contribution in [0.15, 0.2) is 6.07 Å². The number of fused-ring (bicyclic) bond motifs is 1. The number of piperidine rings is 1. The van der Waals surface area contributed by atoms with Gasteiger partial charge in [0, 0.05) is 6.54 Å². The highest BCUT2D eigenvalue weighted by Crippen LogP contribution is 2.40. The van der Waals surface area contributed by atoms with Crippen LogP contribution in [0.1, 0.15) is 41.9 Å². The van der Waals surface area contributed by atoms with E-state index in [1.807, 2.05) is 0 Å². The molecule has 1 fully saturated rings. The maximum Gasteiger partial charge on any atom is 0.141 e. The van der Waals surface area contributed by atoms with E-state index in [0.717, 1.165) is 43.3 Å². The molecular weight excluding hydrogens is 246 g/mol.